The summed E-state index contributed by atoms with van der Waals surface area (Å²) in [5, 5.41) is 4.92. The highest BCUT2D eigenvalue weighted by molar-refractivity contribution is 5.88. The smallest absolute Gasteiger partial charge is 0.406 e. The molecule has 2 heterocycles. The number of hydrogen-bond donors (Lipinski definition) is 2. The number of urea groups is 1. The van der Waals surface area contributed by atoms with Crippen molar-refractivity contribution in [3.05, 3.63) is 23.9 Å². The number of methoxy groups -OCH3 is 1. The fraction of sp³-hybridized carbons (Fsp3) is 0.500. The summed E-state index contributed by atoms with van der Waals surface area (Å²) in [4.78, 5) is 28.3. The Kier molecular flexibility index (Phi) is 5.47. The zero-order valence-electron chi connectivity index (χ0n) is 12.9. The van der Waals surface area contributed by atoms with E-state index < -0.39 is 30.7 Å². The third-order valence-electron chi connectivity index (χ3n) is 3.43. The zero-order chi connectivity index (χ0) is 17.7. The predicted octanol–water partition coefficient (Wildman–Crippen LogP) is 1.05. The lowest BCUT2D eigenvalue weighted by atomic mass is 10.2. The van der Waals surface area contributed by atoms with Crippen LogP contribution in [0, 0.1) is 0 Å². The van der Waals surface area contributed by atoms with Crippen molar-refractivity contribution in [2.75, 3.05) is 20.2 Å². The lowest BCUT2D eigenvalue weighted by molar-refractivity contribution is -0.157. The molecule has 3 amide bonds. The van der Waals surface area contributed by atoms with Crippen molar-refractivity contribution in [2.45, 2.75) is 25.2 Å². The van der Waals surface area contributed by atoms with Crippen LogP contribution in [0.1, 0.15) is 12.0 Å². The molecule has 1 aromatic heterocycles. The summed E-state index contributed by atoms with van der Waals surface area (Å²) < 4.78 is 41.9. The van der Waals surface area contributed by atoms with Crippen LogP contribution in [0.3, 0.4) is 0 Å². The summed E-state index contributed by atoms with van der Waals surface area (Å²) in [6, 6.07) is 1.73. The molecule has 24 heavy (non-hydrogen) atoms. The van der Waals surface area contributed by atoms with Gasteiger partial charge in [0.25, 0.3) is 0 Å². The standard InChI is InChI=1S/C14H17F3N4O3/c1-24-11-6-9(2-4-18-11)7-19-13(23)20-10-3-5-21(12(10)22)8-14(15,16)17/h2,4,6,10H,3,5,7-8H2,1H3,(H2,19,20,23)/t10-/m1/s1. The summed E-state index contributed by atoms with van der Waals surface area (Å²) in [7, 11) is 1.46. The SMILES string of the molecule is COc1cc(CNC(=O)N[C@@H]2CCN(CC(F)(F)F)C2=O)ccn1. The van der Waals surface area contributed by atoms with Crippen LogP contribution in [0.4, 0.5) is 18.0 Å². The summed E-state index contributed by atoms with van der Waals surface area (Å²) in [5.74, 6) is -0.337. The van der Waals surface area contributed by atoms with E-state index >= 15 is 0 Å². The molecule has 7 nitrogen and oxygen atoms in total. The van der Waals surface area contributed by atoms with Crippen molar-refractivity contribution in [1.82, 2.24) is 20.5 Å². The van der Waals surface area contributed by atoms with Crippen molar-refractivity contribution in [3.63, 3.8) is 0 Å². The number of halogens is 3. The van der Waals surface area contributed by atoms with Crippen LogP contribution >= 0.6 is 0 Å². The molecule has 1 aromatic rings. The van der Waals surface area contributed by atoms with Crippen LogP contribution < -0.4 is 15.4 Å². The number of hydrogen-bond acceptors (Lipinski definition) is 4. The molecule has 0 spiro atoms. The highest BCUT2D eigenvalue weighted by Crippen LogP contribution is 2.20. The molecule has 1 aliphatic rings. The molecule has 0 bridgehead atoms. The van der Waals surface area contributed by atoms with Gasteiger partial charge in [0.05, 0.1) is 7.11 Å². The number of carbonyl (C=O) groups excluding carboxylic acids is 2. The minimum Gasteiger partial charge on any atom is -0.481 e. The Morgan fingerprint density at radius 3 is 2.92 bits per heavy atom. The summed E-state index contributed by atoms with van der Waals surface area (Å²) in [6.45, 7) is -1.18. The first-order chi connectivity index (χ1) is 11.3. The van der Waals surface area contributed by atoms with Crippen molar-refractivity contribution in [1.29, 1.82) is 0 Å². The van der Waals surface area contributed by atoms with Crippen molar-refractivity contribution >= 4 is 11.9 Å². The molecule has 2 N–H and O–H groups in total. The Bertz CT molecular complexity index is 609. The van der Waals surface area contributed by atoms with Crippen LogP contribution in [0.15, 0.2) is 18.3 Å². The van der Waals surface area contributed by atoms with Gasteiger partial charge in [0.15, 0.2) is 0 Å². The van der Waals surface area contributed by atoms with Gasteiger partial charge >= 0.3 is 12.2 Å². The Labute approximate surface area is 136 Å². The largest absolute Gasteiger partial charge is 0.481 e. The van der Waals surface area contributed by atoms with Crippen LogP contribution in [-0.4, -0.2) is 54.2 Å². The second-order valence-electron chi connectivity index (χ2n) is 5.25. The fourth-order valence-electron chi connectivity index (χ4n) is 2.31. The van der Waals surface area contributed by atoms with Crippen molar-refractivity contribution < 1.29 is 27.5 Å². The van der Waals surface area contributed by atoms with Gasteiger partial charge in [-0.2, -0.15) is 13.2 Å². The Hall–Kier alpha value is -2.52. The van der Waals surface area contributed by atoms with Gasteiger partial charge in [-0.15, -0.1) is 0 Å². The molecular formula is C14H17F3N4O3. The van der Waals surface area contributed by atoms with E-state index in [0.717, 1.165) is 5.56 Å². The maximum atomic E-state index is 12.3. The number of nitrogens with zero attached hydrogens (tertiary/aromatic N) is 2. The van der Waals surface area contributed by atoms with Gasteiger partial charge in [-0.25, -0.2) is 9.78 Å². The van der Waals surface area contributed by atoms with E-state index in [1.807, 2.05) is 0 Å². The second kappa shape index (κ2) is 7.37. The molecule has 0 radical (unpaired) electrons. The van der Waals surface area contributed by atoms with E-state index in [2.05, 4.69) is 15.6 Å². The quantitative estimate of drug-likeness (QED) is 0.835. The van der Waals surface area contributed by atoms with E-state index in [9.17, 15) is 22.8 Å². The number of aromatic nitrogens is 1. The average Bonchev–Trinajstić information content (AvgIpc) is 2.84. The second-order valence-corrected chi connectivity index (χ2v) is 5.25. The van der Waals surface area contributed by atoms with Crippen LogP contribution in [0.25, 0.3) is 0 Å². The van der Waals surface area contributed by atoms with Gasteiger partial charge in [-0.05, 0) is 18.1 Å². The monoisotopic (exact) mass is 346 g/mol. The first kappa shape index (κ1) is 17.8. The molecule has 0 saturated carbocycles. The molecular weight excluding hydrogens is 329 g/mol. The maximum absolute atomic E-state index is 12.3. The summed E-state index contributed by atoms with van der Waals surface area (Å²) in [5.41, 5.74) is 0.730. The number of likely N-dealkylation sites (tertiary alicyclic amines) is 1. The molecule has 1 aliphatic heterocycles. The minimum absolute atomic E-state index is 0.0369. The first-order valence-electron chi connectivity index (χ1n) is 7.17. The maximum Gasteiger partial charge on any atom is 0.406 e. The Morgan fingerprint density at radius 1 is 1.50 bits per heavy atom. The van der Waals surface area contributed by atoms with E-state index in [1.54, 1.807) is 12.1 Å². The predicted molar refractivity (Wildman–Crippen MR) is 77.2 cm³/mol. The normalized spacial score (nSPS) is 17.8. The van der Waals surface area contributed by atoms with Crippen LogP contribution in [-0.2, 0) is 11.3 Å². The average molecular weight is 346 g/mol. The lowest BCUT2D eigenvalue weighted by Gasteiger charge is -2.18. The molecule has 10 heteroatoms. The number of amides is 3. The molecule has 0 aromatic carbocycles. The number of ether oxygens (including phenoxy) is 1. The third-order valence-corrected chi connectivity index (χ3v) is 3.43. The van der Waals surface area contributed by atoms with E-state index in [0.29, 0.717) is 10.8 Å². The number of pyridine rings is 1. The Morgan fingerprint density at radius 2 is 2.25 bits per heavy atom. The molecule has 0 aliphatic carbocycles. The number of alkyl halides is 3. The highest BCUT2D eigenvalue weighted by Gasteiger charge is 2.39. The molecule has 0 unspecified atom stereocenters. The molecule has 1 fully saturated rings. The van der Waals surface area contributed by atoms with Gasteiger partial charge in [-0.1, -0.05) is 0 Å². The molecule has 2 rings (SSSR count). The van der Waals surface area contributed by atoms with E-state index in [4.69, 9.17) is 4.74 Å². The van der Waals surface area contributed by atoms with E-state index in [1.165, 1.54) is 13.3 Å². The summed E-state index contributed by atoms with van der Waals surface area (Å²) >= 11 is 0. The topological polar surface area (TPSA) is 83.6 Å². The Balaban J connectivity index is 1.81. The molecule has 1 atom stereocenters. The third kappa shape index (κ3) is 5.00. The number of rotatable bonds is 5. The fourth-order valence-corrected chi connectivity index (χ4v) is 2.31. The number of carbonyl (C=O) groups is 2. The summed E-state index contributed by atoms with van der Waals surface area (Å²) in [6.07, 6.45) is -2.79. The van der Waals surface area contributed by atoms with Crippen molar-refractivity contribution in [3.8, 4) is 5.88 Å². The zero-order valence-corrected chi connectivity index (χ0v) is 12.9. The van der Waals surface area contributed by atoms with Crippen LogP contribution in [0.2, 0.25) is 0 Å². The highest BCUT2D eigenvalue weighted by atomic mass is 19.4. The van der Waals surface area contributed by atoms with Crippen molar-refractivity contribution in [2.24, 2.45) is 0 Å². The molecule has 1 saturated heterocycles. The number of nitrogens with one attached hydrogen (secondary N) is 2. The minimum atomic E-state index is -4.45. The van der Waals surface area contributed by atoms with E-state index in [-0.39, 0.29) is 19.5 Å². The first-order valence-corrected chi connectivity index (χ1v) is 7.17. The molecule has 132 valence electrons. The van der Waals surface area contributed by atoms with Gasteiger partial charge in [-0.3, -0.25) is 4.79 Å². The van der Waals surface area contributed by atoms with Gasteiger partial charge < -0.3 is 20.3 Å². The van der Waals surface area contributed by atoms with Gasteiger partial charge in [0.2, 0.25) is 11.8 Å². The van der Waals surface area contributed by atoms with Crippen LogP contribution in [0.5, 0.6) is 5.88 Å². The lowest BCUT2D eigenvalue weighted by Crippen LogP contribution is -2.47. The van der Waals surface area contributed by atoms with Gasteiger partial charge in [0, 0.05) is 25.4 Å². The van der Waals surface area contributed by atoms with Gasteiger partial charge in [0.1, 0.15) is 12.6 Å².